The van der Waals surface area contributed by atoms with Gasteiger partial charge in [0, 0.05) is 38.9 Å². The van der Waals surface area contributed by atoms with E-state index in [-0.39, 0.29) is 22.4 Å². The van der Waals surface area contributed by atoms with Crippen LogP contribution in [0.5, 0.6) is 0 Å². The van der Waals surface area contributed by atoms with Crippen molar-refractivity contribution in [2.45, 2.75) is 28.2 Å². The van der Waals surface area contributed by atoms with Gasteiger partial charge in [0.05, 0.1) is 29.6 Å². The van der Waals surface area contributed by atoms with Gasteiger partial charge in [-0.1, -0.05) is 12.1 Å². The van der Waals surface area contributed by atoms with E-state index in [9.17, 15) is 16.8 Å². The molecule has 3 heterocycles. The molecular weight excluding hydrogens is 522 g/mol. The van der Waals surface area contributed by atoms with Gasteiger partial charge in [-0.25, -0.2) is 26.8 Å². The van der Waals surface area contributed by atoms with Gasteiger partial charge < -0.3 is 25.4 Å². The Balaban J connectivity index is 1.56. The minimum Gasteiger partial charge on any atom is -0.383 e. The first-order chi connectivity index (χ1) is 17.7. The molecule has 1 unspecified atom stereocenters. The smallest absolute Gasteiger partial charge is 0.251 e. The van der Waals surface area contributed by atoms with E-state index >= 15 is 0 Å². The first-order valence-electron chi connectivity index (χ1n) is 11.5. The minimum absolute atomic E-state index is 0.0595. The Hall–Kier alpha value is -3.11. The predicted octanol–water partition coefficient (Wildman–Crippen LogP) is 1.00. The predicted molar refractivity (Wildman–Crippen MR) is 136 cm³/mol. The number of ether oxygens (including phenoxy) is 2. The molecule has 37 heavy (non-hydrogen) atoms. The number of nitrogens with one attached hydrogen (secondary N) is 4. The van der Waals surface area contributed by atoms with E-state index in [0.717, 1.165) is 5.69 Å². The van der Waals surface area contributed by atoms with Gasteiger partial charge in [0.1, 0.15) is 17.5 Å². The highest BCUT2D eigenvalue weighted by Gasteiger charge is 2.30. The summed E-state index contributed by atoms with van der Waals surface area (Å²) >= 11 is 0. The molecule has 2 aromatic heterocycles. The van der Waals surface area contributed by atoms with Crippen LogP contribution in [0.25, 0.3) is 0 Å². The van der Waals surface area contributed by atoms with Crippen molar-refractivity contribution >= 4 is 37.1 Å². The second-order valence-electron chi connectivity index (χ2n) is 8.34. The van der Waals surface area contributed by atoms with E-state index < -0.39 is 30.9 Å². The quantitative estimate of drug-likeness (QED) is 0.197. The number of aryl methyl sites for hydroxylation is 1. The highest BCUT2D eigenvalue weighted by molar-refractivity contribution is 7.92. The highest BCUT2D eigenvalue weighted by atomic mass is 32.2. The van der Waals surface area contributed by atoms with Gasteiger partial charge in [-0.15, -0.1) is 0 Å². The molecular formula is C22H29N7O6S2. The summed E-state index contributed by atoms with van der Waals surface area (Å²) < 4.78 is 62.5. The van der Waals surface area contributed by atoms with Gasteiger partial charge in [-0.05, 0) is 24.6 Å². The van der Waals surface area contributed by atoms with Crippen molar-refractivity contribution in [2.24, 2.45) is 0 Å². The molecule has 1 aromatic carbocycles. The van der Waals surface area contributed by atoms with Crippen molar-refractivity contribution in [2.75, 3.05) is 50.6 Å². The number of hydrogen-bond donors (Lipinski definition) is 4. The molecule has 1 aliphatic rings. The standard InChI is InChI=1S/C22H29N7O6S2/c1-15-11-20(29-28-15)25-19-12-18(24-8-9-34-2)26-22(27-19)36(30,31)14-16-3-5-17(6-4-16)37(32,33)21-13-23-7-10-35-21/h3-6,11-12,21,23H,7-10,13-14H2,1-2H3,(H3,24,25,26,27,28,29). The van der Waals surface area contributed by atoms with Gasteiger partial charge in [0.2, 0.25) is 19.7 Å². The van der Waals surface area contributed by atoms with Crippen LogP contribution < -0.4 is 16.0 Å². The molecule has 4 N–H and O–H groups in total. The van der Waals surface area contributed by atoms with E-state index in [4.69, 9.17) is 9.47 Å². The maximum Gasteiger partial charge on any atom is 0.251 e. The fraction of sp³-hybridized carbons (Fsp3) is 0.409. The maximum atomic E-state index is 13.2. The summed E-state index contributed by atoms with van der Waals surface area (Å²) in [4.78, 5) is 8.45. The van der Waals surface area contributed by atoms with Gasteiger partial charge in [-0.2, -0.15) is 5.10 Å². The normalized spacial score (nSPS) is 16.4. The van der Waals surface area contributed by atoms with Crippen LogP contribution in [0.2, 0.25) is 0 Å². The van der Waals surface area contributed by atoms with Gasteiger partial charge in [-0.3, -0.25) is 5.10 Å². The van der Waals surface area contributed by atoms with Crippen molar-refractivity contribution in [3.05, 3.63) is 47.7 Å². The fourth-order valence-electron chi connectivity index (χ4n) is 3.58. The molecule has 1 atom stereocenters. The van der Waals surface area contributed by atoms with Crippen molar-refractivity contribution in [3.63, 3.8) is 0 Å². The summed E-state index contributed by atoms with van der Waals surface area (Å²) in [5, 5.41) is 15.5. The highest BCUT2D eigenvalue weighted by Crippen LogP contribution is 2.23. The molecule has 200 valence electrons. The largest absolute Gasteiger partial charge is 0.383 e. The Morgan fingerprint density at radius 2 is 1.86 bits per heavy atom. The van der Waals surface area contributed by atoms with Crippen molar-refractivity contribution in [1.82, 2.24) is 25.5 Å². The Labute approximate surface area is 215 Å². The molecule has 0 saturated carbocycles. The number of anilines is 3. The van der Waals surface area contributed by atoms with Crippen LogP contribution >= 0.6 is 0 Å². The number of benzene rings is 1. The monoisotopic (exact) mass is 551 g/mol. The number of sulfone groups is 2. The van der Waals surface area contributed by atoms with Crippen molar-refractivity contribution < 1.29 is 26.3 Å². The molecule has 0 bridgehead atoms. The summed E-state index contributed by atoms with van der Waals surface area (Å²) in [7, 11) is -6.15. The van der Waals surface area contributed by atoms with Crippen LogP contribution in [0.1, 0.15) is 11.3 Å². The Kier molecular flexibility index (Phi) is 8.39. The Morgan fingerprint density at radius 3 is 2.51 bits per heavy atom. The second-order valence-corrected chi connectivity index (χ2v) is 12.3. The average Bonchev–Trinajstić information content (AvgIpc) is 3.29. The van der Waals surface area contributed by atoms with Gasteiger partial charge in [0.25, 0.3) is 5.16 Å². The van der Waals surface area contributed by atoms with Gasteiger partial charge >= 0.3 is 0 Å². The summed E-state index contributed by atoms with van der Waals surface area (Å²) in [6, 6.07) is 9.03. The number of methoxy groups -OCH3 is 1. The number of H-pyrrole nitrogens is 1. The number of aromatic amines is 1. The van der Waals surface area contributed by atoms with Gasteiger partial charge in [0.15, 0.2) is 5.44 Å². The van der Waals surface area contributed by atoms with E-state index in [1.807, 2.05) is 6.92 Å². The number of rotatable bonds is 11. The Morgan fingerprint density at radius 1 is 1.11 bits per heavy atom. The number of hydrogen-bond acceptors (Lipinski definition) is 12. The molecule has 3 aromatic rings. The second kappa shape index (κ2) is 11.5. The van der Waals surface area contributed by atoms with E-state index in [1.54, 1.807) is 19.2 Å². The van der Waals surface area contributed by atoms with Crippen LogP contribution in [0.3, 0.4) is 0 Å². The molecule has 0 aliphatic carbocycles. The fourth-order valence-corrected chi connectivity index (χ4v) is 6.24. The molecule has 0 spiro atoms. The molecule has 13 nitrogen and oxygen atoms in total. The number of morpholine rings is 1. The first-order valence-corrected chi connectivity index (χ1v) is 14.7. The Bertz CT molecular complexity index is 1420. The molecule has 4 rings (SSSR count). The summed E-state index contributed by atoms with van der Waals surface area (Å²) in [5.74, 6) is 0.668. The summed E-state index contributed by atoms with van der Waals surface area (Å²) in [6.45, 7) is 3.70. The SMILES string of the molecule is COCCNc1cc(Nc2cc(C)n[nH]2)nc(S(=O)(=O)Cc2ccc(S(=O)(=O)C3CNCCO3)cc2)n1. The zero-order valence-corrected chi connectivity index (χ0v) is 22.0. The molecule has 1 saturated heterocycles. The molecule has 0 amide bonds. The lowest BCUT2D eigenvalue weighted by molar-refractivity contribution is 0.0785. The number of aromatic nitrogens is 4. The third kappa shape index (κ3) is 6.81. The zero-order chi connectivity index (χ0) is 26.5. The van der Waals surface area contributed by atoms with Crippen molar-refractivity contribution in [1.29, 1.82) is 0 Å². The van der Waals surface area contributed by atoms with Crippen LogP contribution in [0, 0.1) is 6.92 Å². The summed E-state index contributed by atoms with van der Waals surface area (Å²) in [5.41, 5.74) is 0.156. The maximum absolute atomic E-state index is 13.2. The van der Waals surface area contributed by atoms with Crippen LogP contribution in [0.15, 0.2) is 46.5 Å². The van der Waals surface area contributed by atoms with Crippen LogP contribution in [-0.4, -0.2) is 82.4 Å². The van der Waals surface area contributed by atoms with Crippen molar-refractivity contribution in [3.8, 4) is 0 Å². The van der Waals surface area contributed by atoms with Crippen LogP contribution in [0.4, 0.5) is 17.5 Å². The molecule has 1 fully saturated rings. The molecule has 1 aliphatic heterocycles. The lowest BCUT2D eigenvalue weighted by Gasteiger charge is -2.23. The average molecular weight is 552 g/mol. The van der Waals surface area contributed by atoms with E-state index in [1.165, 1.54) is 24.3 Å². The third-order valence-corrected chi connectivity index (χ3v) is 8.79. The number of nitrogens with zero attached hydrogens (tertiary/aromatic N) is 3. The lowest BCUT2D eigenvalue weighted by Crippen LogP contribution is -2.43. The summed E-state index contributed by atoms with van der Waals surface area (Å²) in [6.07, 6.45) is 0. The topological polar surface area (TPSA) is 177 Å². The van der Waals surface area contributed by atoms with E-state index in [0.29, 0.717) is 43.5 Å². The third-order valence-electron chi connectivity index (χ3n) is 5.41. The molecule has 0 radical (unpaired) electrons. The minimum atomic E-state index is -3.99. The molecule has 15 heteroatoms. The van der Waals surface area contributed by atoms with E-state index in [2.05, 4.69) is 36.1 Å². The van der Waals surface area contributed by atoms with Crippen LogP contribution in [-0.2, 0) is 34.9 Å². The lowest BCUT2D eigenvalue weighted by atomic mass is 10.2. The zero-order valence-electron chi connectivity index (χ0n) is 20.4. The first kappa shape index (κ1) is 26.9.